The highest BCUT2D eigenvalue weighted by Crippen LogP contribution is 2.46. The van der Waals surface area contributed by atoms with E-state index in [2.05, 4.69) is 34.6 Å². The number of carbonyl (C=O) groups excluding carboxylic acids is 1. The van der Waals surface area contributed by atoms with Crippen molar-refractivity contribution in [2.45, 2.75) is 77.3 Å². The highest BCUT2D eigenvalue weighted by atomic mass is 16.7. The van der Waals surface area contributed by atoms with E-state index >= 15 is 0 Å². The zero-order valence-corrected chi connectivity index (χ0v) is 12.3. The first kappa shape index (κ1) is 14.1. The van der Waals surface area contributed by atoms with Gasteiger partial charge >= 0.3 is 7.12 Å². The molecule has 2 fully saturated rings. The third-order valence-electron chi connectivity index (χ3n) is 5.01. The zero-order valence-electron chi connectivity index (χ0n) is 12.3. The van der Waals surface area contributed by atoms with Gasteiger partial charge in [-0.3, -0.25) is 4.79 Å². The lowest BCUT2D eigenvalue weighted by atomic mass is 9.58. The van der Waals surface area contributed by atoms with Crippen LogP contribution in [0.3, 0.4) is 0 Å². The van der Waals surface area contributed by atoms with Crippen LogP contribution in [0.5, 0.6) is 0 Å². The van der Waals surface area contributed by atoms with E-state index in [9.17, 15) is 4.79 Å². The Bertz CT molecular complexity index is 322. The summed E-state index contributed by atoms with van der Waals surface area (Å²) in [6.45, 7) is 10.5. The molecule has 1 heterocycles. The fourth-order valence-corrected chi connectivity index (χ4v) is 2.98. The van der Waals surface area contributed by atoms with E-state index in [1.807, 2.05) is 0 Å². The first-order valence-corrected chi connectivity index (χ1v) is 7.14. The Morgan fingerprint density at radius 3 is 2.28 bits per heavy atom. The maximum absolute atomic E-state index is 11.7. The third-order valence-corrected chi connectivity index (χ3v) is 5.01. The molecule has 2 rings (SSSR count). The molecule has 4 heteroatoms. The van der Waals surface area contributed by atoms with Gasteiger partial charge in [-0.25, -0.2) is 0 Å². The standard InChI is InChI=1S/C14H25BO3/c1-6-10-7-8-11(16)9-12(10)15-17-13(2,3)14(4,5)18-15/h10,12H,6-9H2,1-5H3. The quantitative estimate of drug-likeness (QED) is 0.708. The highest BCUT2D eigenvalue weighted by Gasteiger charge is 2.55. The molecule has 2 atom stereocenters. The van der Waals surface area contributed by atoms with E-state index in [4.69, 9.17) is 9.31 Å². The van der Waals surface area contributed by atoms with E-state index in [0.717, 1.165) is 19.3 Å². The lowest BCUT2D eigenvalue weighted by molar-refractivity contribution is -0.121. The molecular formula is C14H25BO3. The predicted octanol–water partition coefficient (Wildman–Crippen LogP) is 3.23. The molecule has 0 aromatic carbocycles. The van der Waals surface area contributed by atoms with Crippen molar-refractivity contribution < 1.29 is 14.1 Å². The van der Waals surface area contributed by atoms with Gasteiger partial charge in [-0.2, -0.15) is 0 Å². The summed E-state index contributed by atoms with van der Waals surface area (Å²) in [5, 5.41) is 0. The maximum Gasteiger partial charge on any atom is 0.461 e. The number of carbonyl (C=O) groups is 1. The van der Waals surface area contributed by atoms with Crippen molar-refractivity contribution in [2.75, 3.05) is 0 Å². The van der Waals surface area contributed by atoms with Gasteiger partial charge in [-0.05, 0) is 40.0 Å². The second kappa shape index (κ2) is 4.64. The van der Waals surface area contributed by atoms with E-state index in [1.54, 1.807) is 0 Å². The number of hydrogen-bond acceptors (Lipinski definition) is 3. The molecule has 0 bridgehead atoms. The van der Waals surface area contributed by atoms with Crippen molar-refractivity contribution >= 4 is 12.9 Å². The molecular weight excluding hydrogens is 227 g/mol. The number of rotatable bonds is 2. The van der Waals surface area contributed by atoms with Crippen LogP contribution in [0.1, 0.15) is 60.3 Å². The van der Waals surface area contributed by atoms with Crippen LogP contribution in [0, 0.1) is 5.92 Å². The van der Waals surface area contributed by atoms with Crippen LogP contribution in [0.4, 0.5) is 0 Å². The van der Waals surface area contributed by atoms with Gasteiger partial charge in [0.1, 0.15) is 5.78 Å². The lowest BCUT2D eigenvalue weighted by Gasteiger charge is -2.32. The smallest absolute Gasteiger partial charge is 0.403 e. The van der Waals surface area contributed by atoms with Crippen molar-refractivity contribution in [3.8, 4) is 0 Å². The van der Waals surface area contributed by atoms with Crippen LogP contribution in [-0.2, 0) is 14.1 Å². The normalized spacial score (nSPS) is 34.9. The van der Waals surface area contributed by atoms with Crippen LogP contribution in [0.15, 0.2) is 0 Å². The van der Waals surface area contributed by atoms with Gasteiger partial charge in [0.15, 0.2) is 0 Å². The third kappa shape index (κ3) is 2.37. The largest absolute Gasteiger partial charge is 0.461 e. The average Bonchev–Trinajstić information content (AvgIpc) is 2.48. The minimum atomic E-state index is -0.295. The fraction of sp³-hybridized carbons (Fsp3) is 0.929. The van der Waals surface area contributed by atoms with Gasteiger partial charge in [0, 0.05) is 18.7 Å². The van der Waals surface area contributed by atoms with Gasteiger partial charge < -0.3 is 9.31 Å². The zero-order chi connectivity index (χ0) is 13.6. The molecule has 0 spiro atoms. The molecule has 18 heavy (non-hydrogen) atoms. The van der Waals surface area contributed by atoms with Crippen LogP contribution in [0.25, 0.3) is 0 Å². The molecule has 0 N–H and O–H groups in total. The van der Waals surface area contributed by atoms with Crippen molar-refractivity contribution in [1.82, 2.24) is 0 Å². The molecule has 1 aliphatic carbocycles. The van der Waals surface area contributed by atoms with Crippen molar-refractivity contribution in [3.05, 3.63) is 0 Å². The van der Waals surface area contributed by atoms with Crippen LogP contribution in [-0.4, -0.2) is 24.1 Å². The molecule has 0 aromatic rings. The minimum absolute atomic E-state index is 0.218. The molecule has 1 aliphatic heterocycles. The van der Waals surface area contributed by atoms with Crippen molar-refractivity contribution in [1.29, 1.82) is 0 Å². The molecule has 0 radical (unpaired) electrons. The SMILES string of the molecule is CCC1CCC(=O)CC1B1OC(C)(C)C(C)(C)O1. The first-order chi connectivity index (χ1) is 8.27. The number of Topliss-reactive ketones (excluding diaryl/α,β-unsaturated/α-hetero) is 1. The van der Waals surface area contributed by atoms with Crippen LogP contribution < -0.4 is 0 Å². The molecule has 102 valence electrons. The summed E-state index contributed by atoms with van der Waals surface area (Å²) in [6, 6.07) is 0. The van der Waals surface area contributed by atoms with Crippen molar-refractivity contribution in [3.63, 3.8) is 0 Å². The maximum atomic E-state index is 11.7. The van der Waals surface area contributed by atoms with E-state index < -0.39 is 0 Å². The van der Waals surface area contributed by atoms with Gasteiger partial charge in [0.2, 0.25) is 0 Å². The van der Waals surface area contributed by atoms with Crippen LogP contribution in [0.2, 0.25) is 5.82 Å². The Kier molecular flexibility index (Phi) is 3.63. The average molecular weight is 252 g/mol. The second-order valence-corrected chi connectivity index (χ2v) is 6.74. The Morgan fingerprint density at radius 1 is 1.22 bits per heavy atom. The Balaban J connectivity index is 2.14. The molecule has 2 unspecified atom stereocenters. The van der Waals surface area contributed by atoms with E-state index in [-0.39, 0.29) is 24.1 Å². The molecule has 0 aromatic heterocycles. The van der Waals surface area contributed by atoms with Crippen LogP contribution >= 0.6 is 0 Å². The molecule has 1 saturated carbocycles. The number of hydrogen-bond donors (Lipinski definition) is 0. The monoisotopic (exact) mass is 252 g/mol. The topological polar surface area (TPSA) is 35.5 Å². The van der Waals surface area contributed by atoms with Gasteiger partial charge in [-0.15, -0.1) is 0 Å². The summed E-state index contributed by atoms with van der Waals surface area (Å²) in [5.41, 5.74) is -0.590. The summed E-state index contributed by atoms with van der Waals surface area (Å²) in [5.74, 6) is 1.15. The Labute approximate surface area is 111 Å². The van der Waals surface area contributed by atoms with E-state index in [1.165, 1.54) is 0 Å². The van der Waals surface area contributed by atoms with Gasteiger partial charge in [-0.1, -0.05) is 13.3 Å². The summed E-state index contributed by atoms with van der Waals surface area (Å²) in [7, 11) is -0.218. The molecule has 3 nitrogen and oxygen atoms in total. The number of ketones is 1. The Morgan fingerprint density at radius 2 is 1.78 bits per heavy atom. The van der Waals surface area contributed by atoms with Crippen molar-refractivity contribution in [2.24, 2.45) is 5.92 Å². The molecule has 0 amide bonds. The lowest BCUT2D eigenvalue weighted by Crippen LogP contribution is -2.41. The van der Waals surface area contributed by atoms with Gasteiger partial charge in [0.25, 0.3) is 0 Å². The van der Waals surface area contributed by atoms with Gasteiger partial charge in [0.05, 0.1) is 11.2 Å². The molecule has 2 aliphatic rings. The molecule has 1 saturated heterocycles. The summed E-state index contributed by atoms with van der Waals surface area (Å²) in [4.78, 5) is 11.7. The summed E-state index contributed by atoms with van der Waals surface area (Å²) >= 11 is 0. The minimum Gasteiger partial charge on any atom is -0.403 e. The summed E-state index contributed by atoms with van der Waals surface area (Å²) < 4.78 is 12.2. The summed E-state index contributed by atoms with van der Waals surface area (Å²) in [6.07, 6.45) is 3.44. The Hall–Kier alpha value is -0.345. The first-order valence-electron chi connectivity index (χ1n) is 7.14. The fourth-order valence-electron chi connectivity index (χ4n) is 2.98. The second-order valence-electron chi connectivity index (χ2n) is 6.74. The van der Waals surface area contributed by atoms with E-state index in [0.29, 0.717) is 18.1 Å². The highest BCUT2D eigenvalue weighted by molar-refractivity contribution is 6.48. The predicted molar refractivity (Wildman–Crippen MR) is 72.5 cm³/mol.